The molecule has 0 saturated carbocycles. The van der Waals surface area contributed by atoms with E-state index in [1.807, 2.05) is 0 Å². The Morgan fingerprint density at radius 3 is 2.43 bits per heavy atom. The van der Waals surface area contributed by atoms with Crippen molar-refractivity contribution in [2.45, 2.75) is 19.4 Å². The van der Waals surface area contributed by atoms with Gasteiger partial charge in [0.1, 0.15) is 10.8 Å². The van der Waals surface area contributed by atoms with Crippen LogP contribution in [0.5, 0.6) is 0 Å². The van der Waals surface area contributed by atoms with Crippen LogP contribution in [0.25, 0.3) is 0 Å². The van der Waals surface area contributed by atoms with E-state index in [-0.39, 0.29) is 18.0 Å². The first-order valence-corrected chi connectivity index (χ1v) is 4.38. The quantitative estimate of drug-likeness (QED) is 0.605. The minimum atomic E-state index is -1.36. The molecule has 5 heteroatoms. The lowest BCUT2D eigenvalue weighted by Crippen LogP contribution is -2.19. The molecule has 0 aliphatic heterocycles. The average Bonchev–Trinajstić information content (AvgIpc) is 2.10. The van der Waals surface area contributed by atoms with Crippen molar-refractivity contribution in [2.75, 3.05) is 0 Å². The van der Waals surface area contributed by atoms with Crippen LogP contribution < -0.4 is 5.73 Å². The molecule has 1 nitrogen and oxygen atoms in total. The lowest BCUT2D eigenvalue weighted by atomic mass is 10.1. The number of rotatable bonds is 2. The highest BCUT2D eigenvalue weighted by Gasteiger charge is 2.17. The Labute approximate surface area is 84.7 Å². The number of hydrogen-bond donors (Lipinski definition) is 1. The molecular formula is C9H9ClF3N. The van der Waals surface area contributed by atoms with Gasteiger partial charge in [-0.25, -0.2) is 13.2 Å². The Balaban J connectivity index is 3.19. The van der Waals surface area contributed by atoms with Gasteiger partial charge in [0, 0.05) is 6.04 Å². The van der Waals surface area contributed by atoms with Crippen LogP contribution in [0.2, 0.25) is 5.02 Å². The minimum Gasteiger partial charge on any atom is -0.328 e. The summed E-state index contributed by atoms with van der Waals surface area (Å²) in [6.45, 7) is 1.61. The van der Waals surface area contributed by atoms with Crippen LogP contribution >= 0.6 is 11.6 Å². The third-order valence-electron chi connectivity index (χ3n) is 1.72. The number of hydrogen-bond acceptors (Lipinski definition) is 1. The van der Waals surface area contributed by atoms with Crippen LogP contribution in [0.3, 0.4) is 0 Å². The van der Waals surface area contributed by atoms with Crippen LogP contribution in [0, 0.1) is 17.5 Å². The molecule has 1 rings (SSSR count). The van der Waals surface area contributed by atoms with Crippen LogP contribution in [0.1, 0.15) is 12.5 Å². The highest BCUT2D eigenvalue weighted by atomic mass is 35.5. The molecule has 0 bridgehead atoms. The van der Waals surface area contributed by atoms with Crippen molar-refractivity contribution in [3.8, 4) is 0 Å². The standard InChI is InChI=1S/C9H9ClF3N/c1-4(14)2-5-3-6(11)7(10)9(13)8(5)12/h3-4H,2,14H2,1H3. The third-order valence-corrected chi connectivity index (χ3v) is 2.07. The van der Waals surface area contributed by atoms with Gasteiger partial charge in [-0.3, -0.25) is 0 Å². The van der Waals surface area contributed by atoms with E-state index in [0.717, 1.165) is 6.07 Å². The number of nitrogens with two attached hydrogens (primary N) is 1. The van der Waals surface area contributed by atoms with Crippen LogP contribution in [-0.4, -0.2) is 6.04 Å². The largest absolute Gasteiger partial charge is 0.328 e. The predicted octanol–water partition coefficient (Wildman–Crippen LogP) is 2.65. The van der Waals surface area contributed by atoms with Gasteiger partial charge in [-0.1, -0.05) is 11.6 Å². The summed E-state index contributed by atoms with van der Waals surface area (Å²) in [6, 6.07) is 0.494. The average molecular weight is 224 g/mol. The van der Waals surface area contributed by atoms with Crippen LogP contribution in [0.15, 0.2) is 6.07 Å². The first-order valence-electron chi connectivity index (χ1n) is 4.01. The summed E-state index contributed by atoms with van der Waals surface area (Å²) in [7, 11) is 0. The summed E-state index contributed by atoms with van der Waals surface area (Å²) in [4.78, 5) is 0. The molecule has 1 unspecified atom stereocenters. The van der Waals surface area contributed by atoms with E-state index < -0.39 is 22.5 Å². The maximum atomic E-state index is 13.1. The first kappa shape index (κ1) is 11.3. The Bertz CT molecular complexity index is 352. The molecule has 1 atom stereocenters. The van der Waals surface area contributed by atoms with E-state index >= 15 is 0 Å². The van der Waals surface area contributed by atoms with Crippen LogP contribution in [-0.2, 0) is 6.42 Å². The second-order valence-corrected chi connectivity index (χ2v) is 3.52. The molecule has 0 aliphatic rings. The molecule has 2 N–H and O–H groups in total. The molecule has 0 fully saturated rings. The van der Waals surface area contributed by atoms with Gasteiger partial charge in [-0.05, 0) is 25.0 Å². The lowest BCUT2D eigenvalue weighted by Gasteiger charge is -2.08. The van der Waals surface area contributed by atoms with E-state index in [0.29, 0.717) is 0 Å². The monoisotopic (exact) mass is 223 g/mol. The van der Waals surface area contributed by atoms with Gasteiger partial charge in [0.25, 0.3) is 0 Å². The van der Waals surface area contributed by atoms with Crippen molar-refractivity contribution in [3.63, 3.8) is 0 Å². The second kappa shape index (κ2) is 4.19. The predicted molar refractivity (Wildman–Crippen MR) is 48.7 cm³/mol. The van der Waals surface area contributed by atoms with E-state index in [1.54, 1.807) is 6.92 Å². The summed E-state index contributed by atoms with van der Waals surface area (Å²) in [5, 5.41) is -0.823. The fraction of sp³-hybridized carbons (Fsp3) is 0.333. The van der Waals surface area contributed by atoms with Gasteiger partial charge in [0.05, 0.1) is 0 Å². The van der Waals surface area contributed by atoms with Gasteiger partial charge < -0.3 is 5.73 Å². The molecule has 0 amide bonds. The van der Waals surface area contributed by atoms with Crippen molar-refractivity contribution in [3.05, 3.63) is 34.1 Å². The van der Waals surface area contributed by atoms with E-state index in [1.165, 1.54) is 0 Å². The molecule has 0 spiro atoms. The fourth-order valence-corrected chi connectivity index (χ4v) is 1.25. The zero-order chi connectivity index (χ0) is 10.9. The zero-order valence-electron chi connectivity index (χ0n) is 7.45. The summed E-state index contributed by atoms with van der Waals surface area (Å²) in [6.07, 6.45) is 0.0663. The summed E-state index contributed by atoms with van der Waals surface area (Å²) in [5.74, 6) is -3.46. The van der Waals surface area contributed by atoms with Crippen molar-refractivity contribution < 1.29 is 13.2 Å². The first-order chi connectivity index (χ1) is 6.43. The van der Waals surface area contributed by atoms with Gasteiger partial charge in [-0.15, -0.1) is 0 Å². The number of halogens is 4. The normalized spacial score (nSPS) is 13.0. The maximum absolute atomic E-state index is 13.1. The molecule has 0 aliphatic carbocycles. The fourth-order valence-electron chi connectivity index (χ4n) is 1.12. The maximum Gasteiger partial charge on any atom is 0.180 e. The molecule has 0 aromatic heterocycles. The molecule has 0 radical (unpaired) electrons. The Morgan fingerprint density at radius 1 is 1.36 bits per heavy atom. The highest BCUT2D eigenvalue weighted by Crippen LogP contribution is 2.24. The summed E-state index contributed by atoms with van der Waals surface area (Å²) < 4.78 is 38.9. The molecular weight excluding hydrogens is 215 g/mol. The summed E-state index contributed by atoms with van der Waals surface area (Å²) in [5.41, 5.74) is 5.29. The SMILES string of the molecule is CC(N)Cc1cc(F)c(Cl)c(F)c1F. The van der Waals surface area contributed by atoms with Crippen LogP contribution in [0.4, 0.5) is 13.2 Å². The van der Waals surface area contributed by atoms with Gasteiger partial charge >= 0.3 is 0 Å². The Kier molecular flexibility index (Phi) is 3.39. The van der Waals surface area contributed by atoms with E-state index in [4.69, 9.17) is 17.3 Å². The second-order valence-electron chi connectivity index (χ2n) is 3.14. The van der Waals surface area contributed by atoms with Gasteiger partial charge in [0.15, 0.2) is 11.6 Å². The molecule has 1 aromatic carbocycles. The summed E-state index contributed by atoms with van der Waals surface area (Å²) >= 11 is 5.17. The van der Waals surface area contributed by atoms with Crippen molar-refractivity contribution >= 4 is 11.6 Å². The van der Waals surface area contributed by atoms with Crippen molar-refractivity contribution in [1.82, 2.24) is 0 Å². The number of benzene rings is 1. The van der Waals surface area contributed by atoms with E-state index in [2.05, 4.69) is 0 Å². The highest BCUT2D eigenvalue weighted by molar-refractivity contribution is 6.30. The van der Waals surface area contributed by atoms with Gasteiger partial charge in [-0.2, -0.15) is 0 Å². The minimum absolute atomic E-state index is 0.0663. The molecule has 78 valence electrons. The smallest absolute Gasteiger partial charge is 0.180 e. The topological polar surface area (TPSA) is 26.0 Å². The molecule has 1 aromatic rings. The Hall–Kier alpha value is -0.740. The van der Waals surface area contributed by atoms with E-state index in [9.17, 15) is 13.2 Å². The Morgan fingerprint density at radius 2 is 1.93 bits per heavy atom. The van der Waals surface area contributed by atoms with Crippen molar-refractivity contribution in [2.24, 2.45) is 5.73 Å². The zero-order valence-corrected chi connectivity index (χ0v) is 8.21. The molecule has 0 heterocycles. The molecule has 14 heavy (non-hydrogen) atoms. The van der Waals surface area contributed by atoms with Gasteiger partial charge in [0.2, 0.25) is 0 Å². The molecule has 0 saturated heterocycles. The van der Waals surface area contributed by atoms with Crippen molar-refractivity contribution in [1.29, 1.82) is 0 Å². The third kappa shape index (κ3) is 2.19. The lowest BCUT2D eigenvalue weighted by molar-refractivity contribution is 0.481.